The molecule has 10 heteroatoms. The molecule has 31 heavy (non-hydrogen) atoms. The molecule has 0 bridgehead atoms. The van der Waals surface area contributed by atoms with Crippen LogP contribution in [-0.4, -0.2) is 38.4 Å². The summed E-state index contributed by atoms with van der Waals surface area (Å²) in [7, 11) is -3.92. The second-order valence-electron chi connectivity index (χ2n) is 7.60. The van der Waals surface area contributed by atoms with Gasteiger partial charge in [-0.3, -0.25) is 4.72 Å². The van der Waals surface area contributed by atoms with Gasteiger partial charge in [0, 0.05) is 28.4 Å². The molecule has 1 heterocycles. The molecule has 0 radical (unpaired) electrons. The number of aryl methyl sites for hydroxylation is 1. The van der Waals surface area contributed by atoms with Gasteiger partial charge in [-0.15, -0.1) is 0 Å². The molecular weight excluding hydrogens is 537 g/mol. The van der Waals surface area contributed by atoms with Crippen LogP contribution in [-0.2, 0) is 10.2 Å². The highest BCUT2D eigenvalue weighted by Gasteiger charge is 2.29. The van der Waals surface area contributed by atoms with Gasteiger partial charge < -0.3 is 10.6 Å². The summed E-state index contributed by atoms with van der Waals surface area (Å²) in [5.74, 6) is -2.20. The number of piperidine rings is 1. The van der Waals surface area contributed by atoms with Crippen LogP contribution in [0.5, 0.6) is 0 Å². The SMILES string of the molecule is CCCNC1CCN(S(=O)(=O)Nc2ccc(F)c(F)c2Nc2ccc(I)cc2C)CC1. The van der Waals surface area contributed by atoms with Gasteiger partial charge in [0.1, 0.15) is 5.69 Å². The second-order valence-corrected chi connectivity index (χ2v) is 10.5. The summed E-state index contributed by atoms with van der Waals surface area (Å²) in [4.78, 5) is 0. The van der Waals surface area contributed by atoms with Gasteiger partial charge in [-0.1, -0.05) is 6.92 Å². The van der Waals surface area contributed by atoms with E-state index in [-0.39, 0.29) is 17.4 Å². The average molecular weight is 564 g/mol. The van der Waals surface area contributed by atoms with E-state index in [2.05, 4.69) is 44.9 Å². The fourth-order valence-corrected chi connectivity index (χ4v) is 5.43. The van der Waals surface area contributed by atoms with Crippen molar-refractivity contribution in [3.05, 3.63) is 51.1 Å². The highest BCUT2D eigenvalue weighted by Crippen LogP contribution is 2.33. The Morgan fingerprint density at radius 2 is 1.81 bits per heavy atom. The molecule has 3 N–H and O–H groups in total. The molecule has 1 saturated heterocycles. The third-order valence-electron chi connectivity index (χ3n) is 5.26. The average Bonchev–Trinajstić information content (AvgIpc) is 2.73. The fourth-order valence-electron chi connectivity index (χ4n) is 3.51. The minimum absolute atomic E-state index is 0.0388. The Morgan fingerprint density at radius 1 is 1.13 bits per heavy atom. The topological polar surface area (TPSA) is 73.5 Å². The van der Waals surface area contributed by atoms with E-state index in [9.17, 15) is 17.2 Å². The van der Waals surface area contributed by atoms with E-state index < -0.39 is 21.8 Å². The highest BCUT2D eigenvalue weighted by molar-refractivity contribution is 14.1. The maximum Gasteiger partial charge on any atom is 0.301 e. The number of anilines is 3. The van der Waals surface area contributed by atoms with Gasteiger partial charge in [-0.05, 0) is 91.2 Å². The van der Waals surface area contributed by atoms with Gasteiger partial charge in [0.05, 0.1) is 5.69 Å². The van der Waals surface area contributed by atoms with E-state index in [4.69, 9.17) is 0 Å². The number of hydrogen-bond acceptors (Lipinski definition) is 4. The van der Waals surface area contributed by atoms with Crippen LogP contribution in [0.25, 0.3) is 0 Å². The first kappa shape index (κ1) is 24.1. The van der Waals surface area contributed by atoms with Crippen molar-refractivity contribution in [2.75, 3.05) is 29.7 Å². The number of nitrogens with zero attached hydrogens (tertiary/aromatic N) is 1. The van der Waals surface area contributed by atoms with Crippen LogP contribution < -0.4 is 15.4 Å². The lowest BCUT2D eigenvalue weighted by Gasteiger charge is -2.32. The Balaban J connectivity index is 1.80. The largest absolute Gasteiger partial charge is 0.351 e. The predicted octanol–water partition coefficient (Wildman–Crippen LogP) is 4.74. The van der Waals surface area contributed by atoms with Gasteiger partial charge in [-0.2, -0.15) is 12.7 Å². The minimum Gasteiger partial charge on any atom is -0.351 e. The summed E-state index contributed by atoms with van der Waals surface area (Å²) in [6.07, 6.45) is 2.42. The number of rotatable bonds is 8. The van der Waals surface area contributed by atoms with Crippen molar-refractivity contribution in [3.63, 3.8) is 0 Å². The van der Waals surface area contributed by atoms with Gasteiger partial charge in [0.15, 0.2) is 11.6 Å². The molecule has 2 aromatic rings. The quantitative estimate of drug-likeness (QED) is 0.405. The van der Waals surface area contributed by atoms with Crippen LogP contribution in [0, 0.1) is 22.1 Å². The molecule has 0 saturated carbocycles. The summed E-state index contributed by atoms with van der Waals surface area (Å²) in [6, 6.07) is 7.90. The Kier molecular flexibility index (Phi) is 8.11. The third-order valence-corrected chi connectivity index (χ3v) is 7.45. The molecule has 3 rings (SSSR count). The van der Waals surface area contributed by atoms with Crippen LogP contribution in [0.15, 0.2) is 30.3 Å². The summed E-state index contributed by atoms with van der Waals surface area (Å²) < 4.78 is 59.3. The van der Waals surface area contributed by atoms with Gasteiger partial charge in [-0.25, -0.2) is 8.78 Å². The minimum atomic E-state index is -3.92. The van der Waals surface area contributed by atoms with E-state index in [1.54, 1.807) is 6.07 Å². The maximum atomic E-state index is 14.7. The Labute approximate surface area is 196 Å². The zero-order chi connectivity index (χ0) is 22.6. The van der Waals surface area contributed by atoms with E-state index in [0.717, 1.165) is 28.2 Å². The first-order valence-electron chi connectivity index (χ1n) is 10.2. The Hall–Kier alpha value is -1.50. The van der Waals surface area contributed by atoms with Crippen molar-refractivity contribution in [2.24, 2.45) is 0 Å². The first-order chi connectivity index (χ1) is 14.7. The van der Waals surface area contributed by atoms with Crippen molar-refractivity contribution in [1.82, 2.24) is 9.62 Å². The predicted molar refractivity (Wildman–Crippen MR) is 129 cm³/mol. The Bertz CT molecular complexity index is 1030. The lowest BCUT2D eigenvalue weighted by Crippen LogP contribution is -2.46. The van der Waals surface area contributed by atoms with Crippen LogP contribution in [0.3, 0.4) is 0 Å². The molecule has 0 aromatic heterocycles. The van der Waals surface area contributed by atoms with E-state index >= 15 is 0 Å². The molecule has 0 unspecified atom stereocenters. The summed E-state index contributed by atoms with van der Waals surface area (Å²) in [5, 5.41) is 6.27. The molecule has 2 aromatic carbocycles. The van der Waals surface area contributed by atoms with E-state index in [1.165, 1.54) is 10.4 Å². The number of nitrogens with one attached hydrogen (secondary N) is 3. The number of benzene rings is 2. The molecule has 0 atom stereocenters. The summed E-state index contributed by atoms with van der Waals surface area (Å²) in [6.45, 7) is 5.54. The van der Waals surface area contributed by atoms with Crippen LogP contribution >= 0.6 is 22.6 Å². The van der Waals surface area contributed by atoms with Gasteiger partial charge >= 0.3 is 10.2 Å². The van der Waals surface area contributed by atoms with Crippen molar-refractivity contribution >= 4 is 49.9 Å². The molecule has 1 fully saturated rings. The zero-order valence-corrected chi connectivity index (χ0v) is 20.5. The summed E-state index contributed by atoms with van der Waals surface area (Å²) in [5.41, 5.74) is 1.11. The van der Waals surface area contributed by atoms with Crippen LogP contribution in [0.4, 0.5) is 25.8 Å². The fraction of sp³-hybridized carbons (Fsp3) is 0.429. The zero-order valence-electron chi connectivity index (χ0n) is 17.5. The normalized spacial score (nSPS) is 15.8. The molecule has 170 valence electrons. The second kappa shape index (κ2) is 10.4. The number of hydrogen-bond donors (Lipinski definition) is 3. The van der Waals surface area contributed by atoms with Gasteiger partial charge in [0.25, 0.3) is 0 Å². The molecular formula is C21H27F2IN4O2S. The molecule has 6 nitrogen and oxygen atoms in total. The first-order valence-corrected chi connectivity index (χ1v) is 12.8. The Morgan fingerprint density at radius 3 is 2.45 bits per heavy atom. The maximum absolute atomic E-state index is 14.7. The third kappa shape index (κ3) is 6.05. The molecule has 1 aliphatic rings. The molecule has 0 spiro atoms. The molecule has 0 amide bonds. The number of halogens is 3. The van der Waals surface area contributed by atoms with Gasteiger partial charge in [0.2, 0.25) is 0 Å². The lowest BCUT2D eigenvalue weighted by atomic mass is 10.1. The molecule has 0 aliphatic carbocycles. The monoisotopic (exact) mass is 564 g/mol. The lowest BCUT2D eigenvalue weighted by molar-refractivity contribution is 0.291. The summed E-state index contributed by atoms with van der Waals surface area (Å²) >= 11 is 2.16. The van der Waals surface area contributed by atoms with E-state index in [1.807, 2.05) is 19.1 Å². The van der Waals surface area contributed by atoms with Crippen LogP contribution in [0.2, 0.25) is 0 Å². The highest BCUT2D eigenvalue weighted by atomic mass is 127. The van der Waals surface area contributed by atoms with Crippen molar-refractivity contribution in [2.45, 2.75) is 39.2 Å². The van der Waals surface area contributed by atoms with Crippen molar-refractivity contribution < 1.29 is 17.2 Å². The van der Waals surface area contributed by atoms with E-state index in [0.29, 0.717) is 31.6 Å². The smallest absolute Gasteiger partial charge is 0.301 e. The molecule has 1 aliphatic heterocycles. The van der Waals surface area contributed by atoms with Crippen LogP contribution in [0.1, 0.15) is 31.7 Å². The van der Waals surface area contributed by atoms with Crippen molar-refractivity contribution in [1.29, 1.82) is 0 Å². The standard InChI is InChI=1S/C21H27F2IN4O2S/c1-3-10-25-16-8-11-28(12-9-16)31(29,30)27-19-7-5-17(22)20(23)21(19)26-18-6-4-15(24)13-14(18)2/h4-7,13,16,25-27H,3,8-12H2,1-2H3. The van der Waals surface area contributed by atoms with Crippen molar-refractivity contribution in [3.8, 4) is 0 Å².